The molecule has 1 aliphatic heterocycles. The number of aryl methyl sites for hydroxylation is 1. The molecule has 4 heterocycles. The van der Waals surface area contributed by atoms with Crippen LogP contribution in [0.2, 0.25) is 0 Å². The molecule has 26 heavy (non-hydrogen) atoms. The van der Waals surface area contributed by atoms with E-state index < -0.39 is 0 Å². The van der Waals surface area contributed by atoms with E-state index in [-0.39, 0.29) is 0 Å². The average Bonchev–Trinajstić information content (AvgIpc) is 3.06. The summed E-state index contributed by atoms with van der Waals surface area (Å²) in [6.07, 6.45) is 10.9. The minimum absolute atomic E-state index is 0.933. The summed E-state index contributed by atoms with van der Waals surface area (Å²) in [4.78, 5) is 11.4. The Morgan fingerprint density at radius 2 is 1.69 bits per heavy atom. The van der Waals surface area contributed by atoms with E-state index in [9.17, 15) is 0 Å². The van der Waals surface area contributed by atoms with Crippen molar-refractivity contribution in [2.45, 2.75) is 6.42 Å². The van der Waals surface area contributed by atoms with Crippen molar-refractivity contribution >= 4 is 16.6 Å². The van der Waals surface area contributed by atoms with Crippen LogP contribution in [0.4, 0.5) is 5.69 Å². The summed E-state index contributed by atoms with van der Waals surface area (Å²) in [5.74, 6) is 0. The van der Waals surface area contributed by atoms with Crippen molar-refractivity contribution in [1.82, 2.24) is 19.7 Å². The fourth-order valence-electron chi connectivity index (χ4n) is 3.42. The maximum absolute atomic E-state index is 4.62. The second-order valence-electron chi connectivity index (χ2n) is 6.77. The number of anilines is 1. The van der Waals surface area contributed by atoms with Crippen LogP contribution < -0.4 is 4.90 Å². The highest BCUT2D eigenvalue weighted by Crippen LogP contribution is 2.32. The van der Waals surface area contributed by atoms with Crippen LogP contribution >= 0.6 is 0 Å². The molecule has 5 nitrogen and oxygen atoms in total. The molecule has 0 spiro atoms. The van der Waals surface area contributed by atoms with Crippen molar-refractivity contribution in [3.8, 4) is 22.3 Å². The molecule has 0 atom stereocenters. The van der Waals surface area contributed by atoms with Gasteiger partial charge < -0.3 is 4.90 Å². The van der Waals surface area contributed by atoms with Gasteiger partial charge in [0, 0.05) is 49.0 Å². The molecule has 1 saturated heterocycles. The van der Waals surface area contributed by atoms with Gasteiger partial charge in [0.15, 0.2) is 0 Å². The Bertz CT molecular complexity index is 1080. The monoisotopic (exact) mass is 341 g/mol. The highest BCUT2D eigenvalue weighted by atomic mass is 15.2. The van der Waals surface area contributed by atoms with E-state index in [1.54, 1.807) is 0 Å². The van der Waals surface area contributed by atoms with E-state index >= 15 is 0 Å². The molecule has 0 aliphatic carbocycles. The summed E-state index contributed by atoms with van der Waals surface area (Å²) in [7, 11) is 1.93. The number of pyridine rings is 2. The fraction of sp³-hybridized carbons (Fsp3) is 0.190. The molecule has 1 aromatic carbocycles. The normalized spacial score (nSPS) is 13.8. The van der Waals surface area contributed by atoms with Gasteiger partial charge in [0.2, 0.25) is 0 Å². The van der Waals surface area contributed by atoms with Gasteiger partial charge in [-0.3, -0.25) is 14.6 Å². The SMILES string of the molecule is Cn1cc(-c2ccc(-c3cncc4ncc(N5CCC5)cc34)cc2)cn1. The van der Waals surface area contributed by atoms with Crippen LogP contribution in [0.5, 0.6) is 0 Å². The molecule has 4 aromatic rings. The van der Waals surface area contributed by atoms with Gasteiger partial charge in [0.25, 0.3) is 0 Å². The standard InChI is InChI=1S/C21H19N5/c1-25-14-17(10-24-25)15-3-5-16(6-4-15)20-12-22-13-21-19(20)9-18(11-23-21)26-7-2-8-26/h3-6,9-14H,2,7-8H2,1H3. The predicted octanol–water partition coefficient (Wildman–Crippen LogP) is 3.91. The molecule has 0 amide bonds. The van der Waals surface area contributed by atoms with E-state index in [0.717, 1.165) is 46.2 Å². The lowest BCUT2D eigenvalue weighted by Crippen LogP contribution is -2.36. The van der Waals surface area contributed by atoms with E-state index in [1.807, 2.05) is 42.7 Å². The first-order valence-electron chi connectivity index (χ1n) is 8.86. The third-order valence-electron chi connectivity index (χ3n) is 5.05. The average molecular weight is 341 g/mol. The Hall–Kier alpha value is -3.21. The molecule has 5 rings (SSSR count). The van der Waals surface area contributed by atoms with Gasteiger partial charge in [-0.05, 0) is 23.6 Å². The minimum atomic E-state index is 0.933. The lowest BCUT2D eigenvalue weighted by Gasteiger charge is -2.33. The molecule has 0 unspecified atom stereocenters. The maximum atomic E-state index is 4.62. The van der Waals surface area contributed by atoms with Gasteiger partial charge in [-0.2, -0.15) is 5.10 Å². The summed E-state index contributed by atoms with van der Waals surface area (Å²) in [5, 5.41) is 5.40. The van der Waals surface area contributed by atoms with E-state index in [4.69, 9.17) is 0 Å². The molecule has 1 fully saturated rings. The van der Waals surface area contributed by atoms with Crippen molar-refractivity contribution in [3.63, 3.8) is 0 Å². The van der Waals surface area contributed by atoms with Gasteiger partial charge in [-0.15, -0.1) is 0 Å². The lowest BCUT2D eigenvalue weighted by molar-refractivity contribution is 0.617. The van der Waals surface area contributed by atoms with Crippen molar-refractivity contribution in [3.05, 3.63) is 61.3 Å². The zero-order valence-corrected chi connectivity index (χ0v) is 14.6. The molecule has 0 N–H and O–H groups in total. The molecule has 128 valence electrons. The number of benzene rings is 1. The molecule has 5 heteroatoms. The Morgan fingerprint density at radius 3 is 2.38 bits per heavy atom. The smallest absolute Gasteiger partial charge is 0.0892 e. The minimum Gasteiger partial charge on any atom is -0.370 e. The summed E-state index contributed by atoms with van der Waals surface area (Å²) >= 11 is 0. The largest absolute Gasteiger partial charge is 0.370 e. The van der Waals surface area contributed by atoms with Gasteiger partial charge >= 0.3 is 0 Å². The van der Waals surface area contributed by atoms with E-state index in [0.29, 0.717) is 0 Å². The number of hydrogen-bond donors (Lipinski definition) is 0. The quantitative estimate of drug-likeness (QED) is 0.567. The second-order valence-corrected chi connectivity index (χ2v) is 6.77. The number of rotatable bonds is 3. The first kappa shape index (κ1) is 15.1. The Labute approximate surface area is 151 Å². The van der Waals surface area contributed by atoms with Crippen LogP contribution in [-0.4, -0.2) is 32.8 Å². The first-order valence-corrected chi connectivity index (χ1v) is 8.86. The summed E-state index contributed by atoms with van der Waals surface area (Å²) in [6, 6.07) is 10.8. The maximum Gasteiger partial charge on any atom is 0.0892 e. The highest BCUT2D eigenvalue weighted by molar-refractivity contribution is 5.95. The first-order chi connectivity index (χ1) is 12.8. The van der Waals surface area contributed by atoms with Gasteiger partial charge in [-0.1, -0.05) is 24.3 Å². The molecular weight excluding hydrogens is 322 g/mol. The van der Waals surface area contributed by atoms with Crippen LogP contribution in [0, 0.1) is 0 Å². The predicted molar refractivity (Wildman–Crippen MR) is 104 cm³/mol. The molecule has 3 aromatic heterocycles. The molecule has 0 bridgehead atoms. The molecule has 0 saturated carbocycles. The van der Waals surface area contributed by atoms with Gasteiger partial charge in [-0.25, -0.2) is 0 Å². The summed E-state index contributed by atoms with van der Waals surface area (Å²) < 4.78 is 1.82. The molecular formula is C21H19N5. The Morgan fingerprint density at radius 1 is 0.885 bits per heavy atom. The lowest BCUT2D eigenvalue weighted by atomic mass is 10.00. The third-order valence-corrected chi connectivity index (χ3v) is 5.05. The van der Waals surface area contributed by atoms with Crippen molar-refractivity contribution in [2.75, 3.05) is 18.0 Å². The topological polar surface area (TPSA) is 46.8 Å². The Balaban J connectivity index is 1.57. The number of hydrogen-bond acceptors (Lipinski definition) is 4. The zero-order chi connectivity index (χ0) is 17.5. The third kappa shape index (κ3) is 2.52. The summed E-state index contributed by atoms with van der Waals surface area (Å²) in [6.45, 7) is 2.24. The van der Waals surface area contributed by atoms with Crippen LogP contribution in [0.3, 0.4) is 0 Å². The van der Waals surface area contributed by atoms with Crippen LogP contribution in [0.1, 0.15) is 6.42 Å². The zero-order valence-electron chi connectivity index (χ0n) is 14.6. The van der Waals surface area contributed by atoms with Crippen LogP contribution in [0.25, 0.3) is 33.2 Å². The van der Waals surface area contributed by atoms with Gasteiger partial charge in [0.05, 0.1) is 29.8 Å². The molecule has 1 aliphatic rings. The van der Waals surface area contributed by atoms with E-state index in [2.05, 4.69) is 50.3 Å². The number of nitrogens with zero attached hydrogens (tertiary/aromatic N) is 5. The fourth-order valence-corrected chi connectivity index (χ4v) is 3.42. The molecule has 0 radical (unpaired) electrons. The highest BCUT2D eigenvalue weighted by Gasteiger charge is 2.16. The number of aromatic nitrogens is 4. The Kier molecular flexibility index (Phi) is 3.45. The van der Waals surface area contributed by atoms with Crippen LogP contribution in [0.15, 0.2) is 61.3 Å². The number of fused-ring (bicyclic) bond motifs is 1. The van der Waals surface area contributed by atoms with Crippen molar-refractivity contribution in [1.29, 1.82) is 0 Å². The van der Waals surface area contributed by atoms with Crippen LogP contribution in [-0.2, 0) is 7.05 Å². The van der Waals surface area contributed by atoms with Gasteiger partial charge in [0.1, 0.15) is 0 Å². The van der Waals surface area contributed by atoms with Crippen molar-refractivity contribution in [2.24, 2.45) is 7.05 Å². The second kappa shape index (κ2) is 5.95. The summed E-state index contributed by atoms with van der Waals surface area (Å²) in [5.41, 5.74) is 6.69. The van der Waals surface area contributed by atoms with Crippen molar-refractivity contribution < 1.29 is 0 Å². The van der Waals surface area contributed by atoms with E-state index in [1.165, 1.54) is 12.1 Å².